The molecule has 4 nitrogen and oxygen atoms in total. The molecule has 0 spiro atoms. The summed E-state index contributed by atoms with van der Waals surface area (Å²) in [5.41, 5.74) is 10.8. The number of hydrogen-bond donors (Lipinski definition) is 0. The molecule has 0 radical (unpaired) electrons. The van der Waals surface area contributed by atoms with Crippen LogP contribution in [-0.4, -0.2) is 35.2 Å². The Morgan fingerprint density at radius 3 is 0.875 bits per heavy atom. The lowest BCUT2D eigenvalue weighted by molar-refractivity contribution is 0.952. The molecule has 13 aromatic carbocycles. The summed E-state index contributed by atoms with van der Waals surface area (Å²) in [6.07, 6.45) is 0. The van der Waals surface area contributed by atoms with E-state index in [1.807, 2.05) is 0 Å². The van der Waals surface area contributed by atoms with Crippen LogP contribution in [0.1, 0.15) is 0 Å². The molecule has 3 aromatic heterocycles. The third-order valence-corrected chi connectivity index (χ3v) is 27.5. The first-order valence-corrected chi connectivity index (χ1v) is 34.2. The molecule has 0 N–H and O–H groups in total. The fourth-order valence-corrected chi connectivity index (χ4v) is 24.0. The molecule has 0 amide bonds. The van der Waals surface area contributed by atoms with E-state index in [2.05, 4.69) is 361 Å². The van der Waals surface area contributed by atoms with Gasteiger partial charge in [0, 0.05) is 33.2 Å². The van der Waals surface area contributed by atoms with Crippen LogP contribution in [0.5, 0.6) is 0 Å². The first-order valence-electron chi connectivity index (χ1n) is 30.2. The fourth-order valence-electron chi connectivity index (χ4n) is 14.2. The lowest BCUT2D eigenvalue weighted by atomic mass is 10.1. The van der Waals surface area contributed by atoms with Gasteiger partial charge < -0.3 is 0 Å². The van der Waals surface area contributed by atoms with Crippen LogP contribution in [0.3, 0.4) is 0 Å². The van der Waals surface area contributed by atoms with Gasteiger partial charge in [0.1, 0.15) is 5.82 Å². The smallest absolute Gasteiger partial charge is 0.237 e. The molecule has 3 heterocycles. The molecule has 0 aliphatic carbocycles. The van der Waals surface area contributed by atoms with Crippen LogP contribution in [0.25, 0.3) is 88.9 Å². The highest BCUT2D eigenvalue weighted by Gasteiger charge is 2.46. The Balaban J connectivity index is 1.10. The van der Waals surface area contributed by atoms with Gasteiger partial charge >= 0.3 is 0 Å². The van der Waals surface area contributed by atoms with Gasteiger partial charge in [0.15, 0.2) is 16.1 Å². The van der Waals surface area contributed by atoms with Gasteiger partial charge in [-0.25, -0.2) is 4.98 Å². The van der Waals surface area contributed by atoms with Crippen molar-refractivity contribution in [1.29, 1.82) is 0 Å². The average Bonchev–Trinajstić information content (AvgIpc) is 1.06. The zero-order valence-corrected chi connectivity index (χ0v) is 50.3. The highest BCUT2D eigenvalue weighted by molar-refractivity contribution is 7.22. The van der Waals surface area contributed by atoms with Crippen molar-refractivity contribution < 1.29 is 0 Å². The normalized spacial score (nSPS) is 11.9. The van der Waals surface area contributed by atoms with Crippen LogP contribution in [-0.2, 0) is 0 Å². The predicted molar refractivity (Wildman–Crippen MR) is 374 cm³/mol. The summed E-state index contributed by atoms with van der Waals surface area (Å²) in [6, 6.07) is 131. The van der Waals surface area contributed by atoms with E-state index in [4.69, 9.17) is 9.97 Å². The summed E-state index contributed by atoms with van der Waals surface area (Å²) in [7, 11) is -6.83. The number of nitrogens with zero attached hydrogens (tertiary/aromatic N) is 4. The van der Waals surface area contributed by atoms with E-state index in [-0.39, 0.29) is 0 Å². The maximum Gasteiger partial charge on any atom is 0.237 e. The molecule has 0 aliphatic rings. The van der Waals surface area contributed by atoms with Gasteiger partial charge in [-0.05, 0) is 88.0 Å². The third-order valence-electron chi connectivity index (χ3n) is 18.0. The average molecular weight is 1160 g/mol. The Morgan fingerprint density at radius 1 is 0.205 bits per heavy atom. The zero-order chi connectivity index (χ0) is 58.4. The molecule has 0 fully saturated rings. The summed E-state index contributed by atoms with van der Waals surface area (Å²) >= 11 is 0. The molecule has 16 aromatic rings. The summed E-state index contributed by atoms with van der Waals surface area (Å²) in [5, 5.41) is 14.8. The van der Waals surface area contributed by atoms with Gasteiger partial charge in [-0.2, -0.15) is 4.98 Å². The Hall–Kier alpha value is -11.0. The van der Waals surface area contributed by atoms with Crippen LogP contribution in [0.2, 0.25) is 0 Å². The first-order chi connectivity index (χ1) is 43.6. The van der Waals surface area contributed by atoms with Crippen molar-refractivity contribution in [2.45, 2.75) is 0 Å². The molecule has 16 rings (SSSR count). The second-order valence-corrected chi connectivity index (χ2v) is 30.4. The van der Waals surface area contributed by atoms with Crippen molar-refractivity contribution >= 4 is 101 Å². The summed E-state index contributed by atoms with van der Waals surface area (Å²) < 4.78 is 4.63. The van der Waals surface area contributed by atoms with Crippen LogP contribution >= 0.6 is 0 Å². The quantitative estimate of drug-likeness (QED) is 0.0852. The van der Waals surface area contributed by atoms with Gasteiger partial charge in [0.25, 0.3) is 0 Å². The van der Waals surface area contributed by atoms with Crippen molar-refractivity contribution in [3.8, 4) is 45.3 Å². The van der Waals surface area contributed by atoms with Gasteiger partial charge in [-0.1, -0.05) is 322 Å². The molecule has 0 aliphatic heterocycles. The molecule has 0 saturated carbocycles. The molecular formula is C82H58N4Si2. The number of hydrogen-bond acceptors (Lipinski definition) is 2. The maximum absolute atomic E-state index is 5.98. The molecule has 0 unspecified atom stereocenters. The van der Waals surface area contributed by atoms with Gasteiger partial charge in [-0.15, -0.1) is 0 Å². The number of aromatic nitrogens is 4. The van der Waals surface area contributed by atoms with Gasteiger partial charge in [0.2, 0.25) is 5.95 Å². The number of para-hydroxylation sites is 4. The molecule has 0 atom stereocenters. The SMILES string of the molecule is c1ccc(-c2cccc([Si](c3ccccc3)(c3ccccc3)c3cc(-c4cc(-n5c6ccccc6c6ccccc65)nc(-n5c6ccccc6c6ccccc65)n4)cc([Si](c4ccccc4)(c4ccccc4)c4cccc(-c5ccccc5)c4)c3)c2)cc1. The number of fused-ring (bicyclic) bond motifs is 6. The highest BCUT2D eigenvalue weighted by atomic mass is 28.3. The first kappa shape index (κ1) is 52.5. The van der Waals surface area contributed by atoms with Crippen molar-refractivity contribution in [3.63, 3.8) is 0 Å². The van der Waals surface area contributed by atoms with Crippen molar-refractivity contribution in [1.82, 2.24) is 19.1 Å². The minimum Gasteiger partial charge on any atom is -0.294 e. The molecule has 414 valence electrons. The topological polar surface area (TPSA) is 35.6 Å². The van der Waals surface area contributed by atoms with Crippen molar-refractivity contribution in [3.05, 3.63) is 352 Å². The fraction of sp³-hybridized carbons (Fsp3) is 0. The maximum atomic E-state index is 5.98. The molecular weight excluding hydrogens is 1100 g/mol. The number of benzene rings is 13. The second kappa shape index (κ2) is 22.1. The van der Waals surface area contributed by atoms with E-state index in [1.54, 1.807) is 0 Å². The standard InChI is InChI=1S/C82H58N4Si2/c1-7-29-59(30-8-1)61-33-27-43-68(53-61)87(64-35-11-3-12-36-64,65-37-13-4-14-38-65)70-55-63(56-71(57-70)88(66-39-15-5-16-40-66,67-41-17-6-18-42-67)69-44-28-34-62(54-69)60-31-9-2-10-32-60)76-58-81(85-77-49-23-19-45-72(77)73-46-20-24-50-78(73)85)84-82(83-76)86-79-51-25-21-47-74(79)75-48-22-26-52-80(75)86/h1-58H. The van der Waals surface area contributed by atoms with Crippen LogP contribution in [0.15, 0.2) is 352 Å². The van der Waals surface area contributed by atoms with Crippen LogP contribution in [0, 0.1) is 0 Å². The third kappa shape index (κ3) is 8.71. The van der Waals surface area contributed by atoms with E-state index < -0.39 is 16.1 Å². The van der Waals surface area contributed by atoms with Crippen LogP contribution < -0.4 is 41.5 Å². The largest absolute Gasteiger partial charge is 0.294 e. The van der Waals surface area contributed by atoms with E-state index >= 15 is 0 Å². The van der Waals surface area contributed by atoms with Crippen LogP contribution in [0.4, 0.5) is 0 Å². The van der Waals surface area contributed by atoms with Crippen molar-refractivity contribution in [2.24, 2.45) is 0 Å². The highest BCUT2D eigenvalue weighted by Crippen LogP contribution is 2.36. The minimum absolute atomic E-state index is 0.592. The summed E-state index contributed by atoms with van der Waals surface area (Å²) in [4.78, 5) is 11.8. The minimum atomic E-state index is -3.42. The van der Waals surface area contributed by atoms with E-state index in [0.717, 1.165) is 49.9 Å². The Kier molecular flexibility index (Phi) is 13.2. The Morgan fingerprint density at radius 2 is 0.500 bits per heavy atom. The van der Waals surface area contributed by atoms with E-state index in [9.17, 15) is 0 Å². The summed E-state index contributed by atoms with van der Waals surface area (Å²) in [6.45, 7) is 0. The van der Waals surface area contributed by atoms with Gasteiger partial charge in [-0.3, -0.25) is 9.13 Å². The predicted octanol–water partition coefficient (Wildman–Crippen LogP) is 14.4. The molecule has 0 saturated heterocycles. The Labute approximate surface area is 514 Å². The molecule has 0 bridgehead atoms. The summed E-state index contributed by atoms with van der Waals surface area (Å²) in [5.74, 6) is 1.37. The second-order valence-electron chi connectivity index (χ2n) is 22.8. The van der Waals surface area contributed by atoms with Gasteiger partial charge in [0.05, 0.1) is 27.8 Å². The lowest BCUT2D eigenvalue weighted by Crippen LogP contribution is -2.78. The monoisotopic (exact) mass is 1150 g/mol. The zero-order valence-electron chi connectivity index (χ0n) is 48.3. The lowest BCUT2D eigenvalue weighted by Gasteiger charge is -2.38. The van der Waals surface area contributed by atoms with E-state index in [1.165, 1.54) is 74.5 Å². The Bertz CT molecular complexity index is 4700. The van der Waals surface area contributed by atoms with E-state index in [0.29, 0.717) is 5.95 Å². The van der Waals surface area contributed by atoms with Crippen molar-refractivity contribution in [2.75, 3.05) is 0 Å². The molecule has 88 heavy (non-hydrogen) atoms. The number of rotatable bonds is 13. The molecule has 6 heteroatoms.